The summed E-state index contributed by atoms with van der Waals surface area (Å²) in [6.07, 6.45) is 0. The molecule has 1 N–H and O–H groups in total. The second-order valence-electron chi connectivity index (χ2n) is 3.45. The molecule has 0 aliphatic carbocycles. The summed E-state index contributed by atoms with van der Waals surface area (Å²) in [6, 6.07) is 6.51. The van der Waals surface area contributed by atoms with Crippen molar-refractivity contribution in [2.75, 3.05) is 0 Å². The fourth-order valence-corrected chi connectivity index (χ4v) is 4.37. The Morgan fingerprint density at radius 2 is 1.88 bits per heavy atom. The van der Waals surface area contributed by atoms with E-state index in [2.05, 4.69) is 62.3 Å². The van der Waals surface area contributed by atoms with Gasteiger partial charge in [0.25, 0.3) is 0 Å². The standard InChI is InChI=1S/C11H11Br2NS2/c1-7-2-3-8(15-7)5-14-6-9-4-10(12)11(13)16-9/h2-4,14H,5-6H2,1H3. The monoisotopic (exact) mass is 379 g/mol. The van der Waals surface area contributed by atoms with E-state index < -0.39 is 0 Å². The van der Waals surface area contributed by atoms with Crippen molar-refractivity contribution in [1.29, 1.82) is 0 Å². The van der Waals surface area contributed by atoms with Crippen LogP contribution in [0.15, 0.2) is 26.5 Å². The van der Waals surface area contributed by atoms with Gasteiger partial charge in [-0.05, 0) is 57.0 Å². The van der Waals surface area contributed by atoms with Gasteiger partial charge in [0.2, 0.25) is 0 Å². The van der Waals surface area contributed by atoms with E-state index in [1.165, 1.54) is 14.6 Å². The SMILES string of the molecule is Cc1ccc(CNCc2cc(Br)c(Br)s2)s1. The molecule has 0 bridgehead atoms. The van der Waals surface area contributed by atoms with E-state index in [-0.39, 0.29) is 0 Å². The van der Waals surface area contributed by atoms with Crippen LogP contribution < -0.4 is 5.32 Å². The minimum Gasteiger partial charge on any atom is -0.307 e. The number of hydrogen-bond donors (Lipinski definition) is 1. The molecule has 2 aromatic rings. The number of hydrogen-bond acceptors (Lipinski definition) is 3. The quantitative estimate of drug-likeness (QED) is 0.792. The molecular formula is C11H11Br2NS2. The fourth-order valence-electron chi connectivity index (χ4n) is 1.37. The van der Waals surface area contributed by atoms with E-state index in [0.29, 0.717) is 0 Å². The third kappa shape index (κ3) is 3.40. The van der Waals surface area contributed by atoms with Gasteiger partial charge in [0, 0.05) is 32.2 Å². The lowest BCUT2D eigenvalue weighted by Crippen LogP contribution is -2.10. The maximum absolute atomic E-state index is 3.50. The second kappa shape index (κ2) is 5.78. The Hall–Kier alpha value is 0.320. The summed E-state index contributed by atoms with van der Waals surface area (Å²) in [5.74, 6) is 0. The lowest BCUT2D eigenvalue weighted by molar-refractivity contribution is 0.709. The predicted octanol–water partition coefficient (Wildman–Crippen LogP) is 4.93. The summed E-state index contributed by atoms with van der Waals surface area (Å²) >= 11 is 10.6. The maximum Gasteiger partial charge on any atom is 0.0843 e. The molecule has 0 aromatic carbocycles. The highest BCUT2D eigenvalue weighted by Gasteiger charge is 2.03. The molecule has 5 heteroatoms. The highest BCUT2D eigenvalue weighted by atomic mass is 79.9. The van der Waals surface area contributed by atoms with Crippen LogP contribution in [0.1, 0.15) is 14.6 Å². The number of nitrogens with one attached hydrogen (secondary N) is 1. The summed E-state index contributed by atoms with van der Waals surface area (Å²) in [7, 11) is 0. The van der Waals surface area contributed by atoms with Crippen molar-refractivity contribution in [2.24, 2.45) is 0 Å². The van der Waals surface area contributed by atoms with Gasteiger partial charge >= 0.3 is 0 Å². The first-order valence-corrected chi connectivity index (χ1v) is 8.07. The van der Waals surface area contributed by atoms with Crippen LogP contribution in [-0.2, 0) is 13.1 Å². The van der Waals surface area contributed by atoms with E-state index in [4.69, 9.17) is 0 Å². The molecule has 0 fully saturated rings. The van der Waals surface area contributed by atoms with Crippen molar-refractivity contribution < 1.29 is 0 Å². The first-order valence-electron chi connectivity index (χ1n) is 4.85. The lowest BCUT2D eigenvalue weighted by Gasteiger charge is -1.99. The molecule has 0 amide bonds. The van der Waals surface area contributed by atoms with Gasteiger partial charge in [-0.1, -0.05) is 0 Å². The van der Waals surface area contributed by atoms with E-state index in [0.717, 1.165) is 21.3 Å². The normalized spacial score (nSPS) is 10.9. The molecule has 0 aliphatic heterocycles. The summed E-state index contributed by atoms with van der Waals surface area (Å²) in [5.41, 5.74) is 0. The third-order valence-corrected chi connectivity index (χ3v) is 6.35. The van der Waals surface area contributed by atoms with Gasteiger partial charge in [0.05, 0.1) is 3.79 Å². The van der Waals surface area contributed by atoms with E-state index in [9.17, 15) is 0 Å². The van der Waals surface area contributed by atoms with Crippen LogP contribution in [0.5, 0.6) is 0 Å². The van der Waals surface area contributed by atoms with Gasteiger partial charge in [-0.15, -0.1) is 22.7 Å². The lowest BCUT2D eigenvalue weighted by atomic mass is 10.4. The van der Waals surface area contributed by atoms with Crippen LogP contribution in [0.4, 0.5) is 0 Å². The zero-order valence-corrected chi connectivity index (χ0v) is 13.5. The molecular weight excluding hydrogens is 370 g/mol. The molecule has 0 radical (unpaired) electrons. The van der Waals surface area contributed by atoms with Crippen molar-refractivity contribution in [1.82, 2.24) is 5.32 Å². The Morgan fingerprint density at radius 3 is 2.44 bits per heavy atom. The summed E-state index contributed by atoms with van der Waals surface area (Å²) < 4.78 is 2.30. The predicted molar refractivity (Wildman–Crippen MR) is 79.3 cm³/mol. The van der Waals surface area contributed by atoms with Crippen LogP contribution in [0, 0.1) is 6.92 Å². The van der Waals surface area contributed by atoms with Crippen molar-refractivity contribution in [3.05, 3.63) is 41.1 Å². The molecule has 0 atom stereocenters. The summed E-state index contributed by atoms with van der Waals surface area (Å²) in [4.78, 5) is 4.11. The van der Waals surface area contributed by atoms with Gasteiger partial charge < -0.3 is 5.32 Å². The Kier molecular flexibility index (Phi) is 4.61. The maximum atomic E-state index is 3.50. The molecule has 0 saturated heterocycles. The molecule has 16 heavy (non-hydrogen) atoms. The van der Waals surface area contributed by atoms with Crippen LogP contribution in [-0.4, -0.2) is 0 Å². The van der Waals surface area contributed by atoms with Gasteiger partial charge in [0.15, 0.2) is 0 Å². The summed E-state index contributed by atoms with van der Waals surface area (Å²) in [6.45, 7) is 4.01. The van der Waals surface area contributed by atoms with Crippen molar-refractivity contribution in [3.8, 4) is 0 Å². The van der Waals surface area contributed by atoms with Gasteiger partial charge in [0.1, 0.15) is 0 Å². The Balaban J connectivity index is 1.84. The molecule has 0 unspecified atom stereocenters. The minimum absolute atomic E-state index is 0.922. The van der Waals surface area contributed by atoms with E-state index in [1.807, 2.05) is 11.3 Å². The van der Waals surface area contributed by atoms with Crippen molar-refractivity contribution in [3.63, 3.8) is 0 Å². The molecule has 0 saturated carbocycles. The van der Waals surface area contributed by atoms with Gasteiger partial charge in [-0.2, -0.15) is 0 Å². The largest absolute Gasteiger partial charge is 0.307 e. The van der Waals surface area contributed by atoms with Crippen LogP contribution in [0.2, 0.25) is 0 Å². The van der Waals surface area contributed by atoms with Crippen molar-refractivity contribution >= 4 is 54.5 Å². The molecule has 86 valence electrons. The Morgan fingerprint density at radius 1 is 1.12 bits per heavy atom. The van der Waals surface area contributed by atoms with Crippen LogP contribution >= 0.6 is 54.5 Å². The molecule has 0 aliphatic rings. The zero-order valence-electron chi connectivity index (χ0n) is 8.72. The number of rotatable bonds is 4. The fraction of sp³-hybridized carbons (Fsp3) is 0.273. The zero-order chi connectivity index (χ0) is 11.5. The highest BCUT2D eigenvalue weighted by Crippen LogP contribution is 2.32. The van der Waals surface area contributed by atoms with Gasteiger partial charge in [-0.3, -0.25) is 0 Å². The second-order valence-corrected chi connectivity index (χ2v) is 8.13. The first-order chi connectivity index (χ1) is 7.65. The Labute approximate surface area is 120 Å². The average molecular weight is 381 g/mol. The van der Waals surface area contributed by atoms with E-state index in [1.54, 1.807) is 11.3 Å². The summed E-state index contributed by atoms with van der Waals surface area (Å²) in [5, 5.41) is 3.45. The molecule has 2 aromatic heterocycles. The third-order valence-electron chi connectivity index (χ3n) is 2.09. The molecule has 2 rings (SSSR count). The Bertz CT molecular complexity index is 457. The molecule has 1 nitrogen and oxygen atoms in total. The smallest absolute Gasteiger partial charge is 0.0843 e. The van der Waals surface area contributed by atoms with Crippen LogP contribution in [0.25, 0.3) is 0 Å². The number of thiophene rings is 2. The topological polar surface area (TPSA) is 12.0 Å². The van der Waals surface area contributed by atoms with Crippen LogP contribution in [0.3, 0.4) is 0 Å². The average Bonchev–Trinajstić information content (AvgIpc) is 2.75. The van der Waals surface area contributed by atoms with Crippen molar-refractivity contribution in [2.45, 2.75) is 20.0 Å². The first kappa shape index (κ1) is 12.8. The highest BCUT2D eigenvalue weighted by molar-refractivity contribution is 9.13. The van der Waals surface area contributed by atoms with E-state index >= 15 is 0 Å². The molecule has 2 heterocycles. The van der Waals surface area contributed by atoms with Gasteiger partial charge in [-0.25, -0.2) is 0 Å². The number of halogens is 2. The number of aryl methyl sites for hydroxylation is 1. The minimum atomic E-state index is 0.922. The molecule has 0 spiro atoms.